The van der Waals surface area contributed by atoms with Crippen LogP contribution in [0.1, 0.15) is 32.9 Å². The second-order valence-corrected chi connectivity index (χ2v) is 12.5. The van der Waals surface area contributed by atoms with Gasteiger partial charge in [-0.1, -0.05) is 59.6 Å². The highest BCUT2D eigenvalue weighted by Crippen LogP contribution is 2.32. The van der Waals surface area contributed by atoms with Gasteiger partial charge in [0.2, 0.25) is 0 Å². The largest absolute Gasteiger partial charge is 0.465 e. The maximum atomic E-state index is 13.1. The third-order valence-corrected chi connectivity index (χ3v) is 8.73. The fourth-order valence-electron chi connectivity index (χ4n) is 4.46. The van der Waals surface area contributed by atoms with Gasteiger partial charge in [0.25, 0.3) is 10.0 Å². The van der Waals surface area contributed by atoms with Crippen LogP contribution in [0.5, 0.6) is 0 Å². The summed E-state index contributed by atoms with van der Waals surface area (Å²) in [6.07, 6.45) is 0.718. The lowest BCUT2D eigenvalue weighted by Gasteiger charge is -2.11. The monoisotopic (exact) mass is 685 g/mol. The van der Waals surface area contributed by atoms with E-state index in [-0.39, 0.29) is 5.69 Å². The van der Waals surface area contributed by atoms with Crippen molar-refractivity contribution in [3.63, 3.8) is 0 Å². The predicted octanol–water partition coefficient (Wildman–Crippen LogP) is 8.68. The Hall–Kier alpha value is -4.58. The quantitative estimate of drug-likeness (QED) is 0.157. The van der Waals surface area contributed by atoms with E-state index >= 15 is 0 Å². The number of methoxy groups -OCH3 is 1. The number of hydrogen-bond donors (Lipinski definition) is 1. The smallest absolute Gasteiger partial charge is 0.416 e. The van der Waals surface area contributed by atoms with Crippen LogP contribution in [0.15, 0.2) is 102 Å². The minimum atomic E-state index is -4.68. The Morgan fingerprint density at radius 3 is 2.33 bits per heavy atom. The van der Waals surface area contributed by atoms with Crippen molar-refractivity contribution in [3.8, 4) is 11.3 Å². The topological polar surface area (TPSA) is 90.3 Å². The zero-order valence-electron chi connectivity index (χ0n) is 23.9. The molecule has 7 nitrogen and oxygen atoms in total. The molecule has 0 atom stereocenters. The van der Waals surface area contributed by atoms with Crippen LogP contribution in [0, 0.1) is 0 Å². The number of aromatic nitrogens is 2. The molecule has 0 spiro atoms. The van der Waals surface area contributed by atoms with E-state index in [4.69, 9.17) is 32.9 Å². The third kappa shape index (κ3) is 7.79. The molecule has 0 aliphatic carbocycles. The van der Waals surface area contributed by atoms with Gasteiger partial charge in [-0.15, -0.1) is 0 Å². The number of carbonyl (C=O) groups excluding carboxylic acids is 1. The first kappa shape index (κ1) is 32.8. The molecule has 1 N–H and O–H groups in total. The summed E-state index contributed by atoms with van der Waals surface area (Å²) in [7, 11) is -2.95. The molecule has 0 unspecified atom stereocenters. The molecule has 0 bridgehead atoms. The van der Waals surface area contributed by atoms with Gasteiger partial charge in [0.1, 0.15) is 5.82 Å². The summed E-state index contributed by atoms with van der Waals surface area (Å²) in [6.45, 7) is 0.412. The number of hydrogen-bond acceptors (Lipinski definition) is 5. The zero-order valence-corrected chi connectivity index (χ0v) is 26.3. The molecule has 13 heteroatoms. The molecule has 0 aliphatic heterocycles. The molecule has 236 valence electrons. The molecule has 5 aromatic rings. The molecule has 0 saturated carbocycles. The van der Waals surface area contributed by atoms with Gasteiger partial charge in [-0.2, -0.15) is 13.2 Å². The number of alkyl halides is 3. The molecule has 1 heterocycles. The zero-order chi connectivity index (χ0) is 33.1. The lowest BCUT2D eigenvalue weighted by atomic mass is 10.1. The van der Waals surface area contributed by atoms with Gasteiger partial charge in [-0.3, -0.25) is 4.72 Å². The number of esters is 1. The summed E-state index contributed by atoms with van der Waals surface area (Å²) in [5.74, 6) is 0.138. The second-order valence-electron chi connectivity index (χ2n) is 10.0. The lowest BCUT2D eigenvalue weighted by molar-refractivity contribution is -0.137. The van der Waals surface area contributed by atoms with Crippen molar-refractivity contribution in [3.05, 3.63) is 135 Å². The number of anilines is 1. The highest BCUT2D eigenvalue weighted by molar-refractivity contribution is 7.92. The first-order valence-corrected chi connectivity index (χ1v) is 15.7. The maximum Gasteiger partial charge on any atom is 0.416 e. The van der Waals surface area contributed by atoms with Crippen LogP contribution >= 0.6 is 23.2 Å². The first-order valence-electron chi connectivity index (χ1n) is 13.5. The van der Waals surface area contributed by atoms with Crippen LogP contribution in [0.3, 0.4) is 0 Å². The molecule has 4 aromatic carbocycles. The van der Waals surface area contributed by atoms with Gasteiger partial charge < -0.3 is 9.30 Å². The van der Waals surface area contributed by atoms with Crippen LogP contribution in [-0.4, -0.2) is 31.0 Å². The first-order chi connectivity index (χ1) is 21.8. The number of halogens is 5. The summed E-state index contributed by atoms with van der Waals surface area (Å²) in [6, 6.07) is 21.9. The molecule has 5 rings (SSSR count). The average Bonchev–Trinajstić information content (AvgIpc) is 3.42. The van der Waals surface area contributed by atoms with Crippen molar-refractivity contribution in [1.29, 1.82) is 0 Å². The highest BCUT2D eigenvalue weighted by atomic mass is 35.5. The van der Waals surface area contributed by atoms with E-state index in [1.54, 1.807) is 54.6 Å². The summed E-state index contributed by atoms with van der Waals surface area (Å²) in [5.41, 5.74) is 2.41. The average molecular weight is 687 g/mol. The second kappa shape index (κ2) is 13.4. The van der Waals surface area contributed by atoms with Crippen LogP contribution < -0.4 is 4.72 Å². The predicted molar refractivity (Wildman–Crippen MR) is 172 cm³/mol. The van der Waals surface area contributed by atoms with Gasteiger partial charge in [-0.25, -0.2) is 18.2 Å². The Balaban J connectivity index is 1.39. The van der Waals surface area contributed by atoms with Crippen LogP contribution in [-0.2, 0) is 27.5 Å². The molecule has 46 heavy (non-hydrogen) atoms. The minimum Gasteiger partial charge on any atom is -0.465 e. The van der Waals surface area contributed by atoms with Gasteiger partial charge in [-0.05, 0) is 77.9 Å². The SMILES string of the molecule is COC(=O)c1ccc(Cn2cc(-c3ccc(Cl)cc3Cl)nc2C=Cc2ccc(NS(=O)(=O)c3cccc(C(F)(F)F)c3)cc2)cc1. The minimum absolute atomic E-state index is 0.172. The summed E-state index contributed by atoms with van der Waals surface area (Å²) in [4.78, 5) is 16.1. The fraction of sp³-hybridized carbons (Fsp3) is 0.0909. The van der Waals surface area contributed by atoms with Crippen LogP contribution in [0.4, 0.5) is 18.9 Å². The Morgan fingerprint density at radius 2 is 1.67 bits per heavy atom. The molecule has 0 amide bonds. The number of carbonyl (C=O) groups is 1. The number of benzene rings is 4. The van der Waals surface area contributed by atoms with E-state index in [0.29, 0.717) is 50.9 Å². The molecule has 0 fully saturated rings. The Bertz CT molecular complexity index is 2030. The van der Waals surface area contributed by atoms with Crippen LogP contribution in [0.25, 0.3) is 23.4 Å². The number of ether oxygens (including phenoxy) is 1. The number of nitrogens with one attached hydrogen (secondary N) is 1. The molecule has 0 saturated heterocycles. The Kier molecular flexibility index (Phi) is 9.57. The standard InChI is InChI=1S/C33H24Cl2F3N3O4S/c1-45-32(42)23-10-5-22(6-11-23)19-41-20-30(28-15-12-25(34)18-29(28)35)39-31(41)16-9-21-7-13-26(14-8-21)40-46(43,44)27-4-2-3-24(17-27)33(36,37)38/h2-18,20,40H,19H2,1H3. The molecule has 0 radical (unpaired) electrons. The summed E-state index contributed by atoms with van der Waals surface area (Å²) < 4.78 is 73.7. The number of rotatable bonds is 9. The van der Waals surface area contributed by atoms with E-state index in [1.807, 2.05) is 22.9 Å². The molecular weight excluding hydrogens is 662 g/mol. The summed E-state index contributed by atoms with van der Waals surface area (Å²) >= 11 is 12.5. The Morgan fingerprint density at radius 1 is 0.957 bits per heavy atom. The van der Waals surface area contributed by atoms with Crippen molar-refractivity contribution >= 4 is 57.0 Å². The number of imidazole rings is 1. The van der Waals surface area contributed by atoms with E-state index in [1.165, 1.54) is 19.2 Å². The van der Waals surface area contributed by atoms with Crippen molar-refractivity contribution < 1.29 is 31.1 Å². The van der Waals surface area contributed by atoms with Crippen molar-refractivity contribution in [2.75, 3.05) is 11.8 Å². The van der Waals surface area contributed by atoms with Gasteiger partial charge in [0.15, 0.2) is 0 Å². The van der Waals surface area contributed by atoms with Gasteiger partial charge in [0, 0.05) is 29.0 Å². The van der Waals surface area contributed by atoms with E-state index < -0.39 is 32.6 Å². The maximum absolute atomic E-state index is 13.1. The lowest BCUT2D eigenvalue weighted by Crippen LogP contribution is -2.14. The molecule has 0 aliphatic rings. The molecule has 1 aromatic heterocycles. The van der Waals surface area contributed by atoms with E-state index in [9.17, 15) is 26.4 Å². The summed E-state index contributed by atoms with van der Waals surface area (Å²) in [5, 5.41) is 0.915. The van der Waals surface area contributed by atoms with Crippen molar-refractivity contribution in [2.24, 2.45) is 0 Å². The third-order valence-electron chi connectivity index (χ3n) is 6.80. The Labute approximate surface area is 272 Å². The normalized spacial score (nSPS) is 12.0. The fourth-order valence-corrected chi connectivity index (χ4v) is 6.07. The van der Waals surface area contributed by atoms with E-state index in [0.717, 1.165) is 23.8 Å². The van der Waals surface area contributed by atoms with Crippen LogP contribution in [0.2, 0.25) is 10.0 Å². The van der Waals surface area contributed by atoms with Crippen molar-refractivity contribution in [2.45, 2.75) is 17.6 Å². The van der Waals surface area contributed by atoms with Gasteiger partial charge in [0.05, 0.1) is 33.8 Å². The van der Waals surface area contributed by atoms with E-state index in [2.05, 4.69) is 4.72 Å². The van der Waals surface area contributed by atoms with Crippen molar-refractivity contribution in [1.82, 2.24) is 9.55 Å². The molecular formula is C33H24Cl2F3N3O4S. The number of sulfonamides is 1. The highest BCUT2D eigenvalue weighted by Gasteiger charge is 2.31. The number of nitrogens with zero attached hydrogens (tertiary/aromatic N) is 2. The van der Waals surface area contributed by atoms with Gasteiger partial charge >= 0.3 is 12.1 Å².